The lowest BCUT2D eigenvalue weighted by Crippen LogP contribution is -2.58. The third-order valence-corrected chi connectivity index (χ3v) is 8.19. The van der Waals surface area contributed by atoms with E-state index in [1.54, 1.807) is 20.8 Å². The molecule has 0 saturated heterocycles. The molecule has 2 atom stereocenters. The van der Waals surface area contributed by atoms with Crippen molar-refractivity contribution in [1.82, 2.24) is 14.8 Å². The maximum atomic E-state index is 13.8. The molecule has 4 rings (SSSR count). The average molecular weight is 670 g/mol. The Labute approximate surface area is 265 Å². The Kier molecular flexibility index (Phi) is 9.74. The number of halogens is 7. The number of aromatic nitrogens is 3. The first-order chi connectivity index (χ1) is 21.4. The summed E-state index contributed by atoms with van der Waals surface area (Å²) in [6, 6.07) is 13.4. The number of aryl methyl sites for hydroxylation is 1. The SMILES string of the molecule is Cc1cc(Cn2nc(C(F)(F)F)nc2C(F)(F)F)ccc1NC(=O)C1C=CC=C(Cl)C1(C(N)=O)C(C)(C)COCc1ccccc1. The number of hydrogen-bond acceptors (Lipinski definition) is 5. The van der Waals surface area contributed by atoms with E-state index in [0.717, 1.165) is 5.56 Å². The van der Waals surface area contributed by atoms with Crippen LogP contribution in [0.1, 0.15) is 42.2 Å². The number of alkyl halides is 6. The molecule has 2 amide bonds. The van der Waals surface area contributed by atoms with Gasteiger partial charge in [-0.1, -0.05) is 80.1 Å². The van der Waals surface area contributed by atoms with Gasteiger partial charge in [0.15, 0.2) is 0 Å². The zero-order chi connectivity index (χ0) is 34.1. The van der Waals surface area contributed by atoms with Gasteiger partial charge in [-0.05, 0) is 35.8 Å². The highest BCUT2D eigenvalue weighted by Gasteiger charge is 2.60. The fourth-order valence-electron chi connectivity index (χ4n) is 5.55. The molecule has 0 bridgehead atoms. The lowest BCUT2D eigenvalue weighted by Gasteiger charge is -2.48. The highest BCUT2D eigenvalue weighted by molar-refractivity contribution is 6.33. The smallest absolute Gasteiger partial charge is 0.376 e. The Morgan fingerprint density at radius 3 is 2.30 bits per heavy atom. The number of nitrogens with zero attached hydrogens (tertiary/aromatic N) is 3. The maximum absolute atomic E-state index is 13.8. The van der Waals surface area contributed by atoms with Gasteiger partial charge in [0, 0.05) is 16.1 Å². The number of nitrogens with two attached hydrogens (primary N) is 1. The summed E-state index contributed by atoms with van der Waals surface area (Å²) < 4.78 is 85.4. The molecular weight excluding hydrogens is 640 g/mol. The zero-order valence-corrected chi connectivity index (χ0v) is 25.6. The second kappa shape index (κ2) is 12.9. The molecule has 0 radical (unpaired) electrons. The first-order valence-electron chi connectivity index (χ1n) is 13.8. The quantitative estimate of drug-likeness (QED) is 0.235. The van der Waals surface area contributed by atoms with Gasteiger partial charge in [-0.3, -0.25) is 9.59 Å². The number of allylic oxidation sites excluding steroid dienone is 2. The molecule has 2 unspecified atom stereocenters. The molecule has 3 aromatic rings. The predicted octanol–water partition coefficient (Wildman–Crippen LogP) is 6.63. The molecule has 3 N–H and O–H groups in total. The molecule has 1 aliphatic rings. The number of primary amides is 1. The fraction of sp³-hybridized carbons (Fsp3) is 0.355. The molecule has 0 aliphatic heterocycles. The van der Waals surface area contributed by atoms with Crippen molar-refractivity contribution in [2.24, 2.45) is 22.5 Å². The van der Waals surface area contributed by atoms with Gasteiger partial charge in [0.25, 0.3) is 5.82 Å². The van der Waals surface area contributed by atoms with Gasteiger partial charge in [0.2, 0.25) is 17.6 Å². The van der Waals surface area contributed by atoms with E-state index in [2.05, 4.69) is 15.4 Å². The van der Waals surface area contributed by atoms with E-state index < -0.39 is 59.1 Å². The highest BCUT2D eigenvalue weighted by atomic mass is 35.5. The van der Waals surface area contributed by atoms with Crippen molar-refractivity contribution in [2.75, 3.05) is 11.9 Å². The number of anilines is 1. The Morgan fingerprint density at radius 1 is 1.04 bits per heavy atom. The molecule has 0 saturated carbocycles. The standard InChI is InChI=1S/C31H30ClF6N5O3/c1-18-14-20(15-43-27(31(36,37)38)41-26(42-43)30(33,34)35)12-13-22(18)40-24(44)21-10-7-11-23(32)29(21,25(39)45)28(2,3)17-46-16-19-8-5-4-6-9-19/h4-14,21H,15-17H2,1-3H3,(H2,39,45)(H,40,44). The third kappa shape index (κ3) is 6.97. The van der Waals surface area contributed by atoms with E-state index in [1.165, 1.54) is 36.4 Å². The van der Waals surface area contributed by atoms with Crippen molar-refractivity contribution in [3.8, 4) is 0 Å². The molecule has 1 aromatic heterocycles. The molecule has 246 valence electrons. The second-order valence-corrected chi connectivity index (χ2v) is 11.9. The summed E-state index contributed by atoms with van der Waals surface area (Å²) in [5.41, 5.74) is 4.80. The molecule has 2 aromatic carbocycles. The number of benzene rings is 2. The Hall–Kier alpha value is -4.17. The van der Waals surface area contributed by atoms with Crippen LogP contribution in [0.4, 0.5) is 32.0 Å². The van der Waals surface area contributed by atoms with Gasteiger partial charge in [-0.15, -0.1) is 5.10 Å². The largest absolute Gasteiger partial charge is 0.453 e. The van der Waals surface area contributed by atoms with Gasteiger partial charge >= 0.3 is 12.4 Å². The van der Waals surface area contributed by atoms with Crippen molar-refractivity contribution in [3.05, 3.63) is 100 Å². The van der Waals surface area contributed by atoms with Crippen LogP contribution >= 0.6 is 11.6 Å². The molecule has 8 nitrogen and oxygen atoms in total. The molecule has 1 aliphatic carbocycles. The molecule has 15 heteroatoms. The summed E-state index contributed by atoms with van der Waals surface area (Å²) in [5, 5.41) is 5.78. The molecular formula is C31H30ClF6N5O3. The zero-order valence-electron chi connectivity index (χ0n) is 24.8. The number of amides is 2. The number of nitrogens with one attached hydrogen (secondary N) is 1. The number of carbonyl (C=O) groups is 2. The van der Waals surface area contributed by atoms with Gasteiger partial charge in [0.05, 0.1) is 25.7 Å². The van der Waals surface area contributed by atoms with Crippen LogP contribution in [0, 0.1) is 23.7 Å². The average Bonchev–Trinajstić information content (AvgIpc) is 3.40. The summed E-state index contributed by atoms with van der Waals surface area (Å²) in [5.74, 6) is -6.42. The predicted molar refractivity (Wildman–Crippen MR) is 157 cm³/mol. The summed E-state index contributed by atoms with van der Waals surface area (Å²) in [7, 11) is 0. The number of ether oxygens (including phenoxy) is 1. The number of hydrogen-bond donors (Lipinski definition) is 2. The third-order valence-electron chi connectivity index (χ3n) is 7.76. The Balaban J connectivity index is 1.58. The lowest BCUT2D eigenvalue weighted by molar-refractivity contribution is -0.151. The summed E-state index contributed by atoms with van der Waals surface area (Å²) in [6.07, 6.45) is -5.86. The summed E-state index contributed by atoms with van der Waals surface area (Å²) in [4.78, 5) is 29.7. The number of rotatable bonds is 10. The van der Waals surface area contributed by atoms with Crippen LogP contribution in [-0.4, -0.2) is 33.2 Å². The van der Waals surface area contributed by atoms with E-state index in [1.807, 2.05) is 30.3 Å². The van der Waals surface area contributed by atoms with E-state index in [4.69, 9.17) is 22.1 Å². The molecule has 1 heterocycles. The van der Waals surface area contributed by atoms with E-state index in [0.29, 0.717) is 5.56 Å². The Bertz CT molecular complexity index is 1670. The van der Waals surface area contributed by atoms with Gasteiger partial charge in [-0.25, -0.2) is 4.68 Å². The minimum atomic E-state index is -5.18. The van der Waals surface area contributed by atoms with Crippen LogP contribution in [0.15, 0.2) is 71.8 Å². The van der Waals surface area contributed by atoms with Crippen molar-refractivity contribution in [2.45, 2.75) is 46.3 Å². The van der Waals surface area contributed by atoms with Crippen molar-refractivity contribution >= 4 is 29.1 Å². The van der Waals surface area contributed by atoms with Crippen LogP contribution in [0.2, 0.25) is 0 Å². The van der Waals surface area contributed by atoms with E-state index in [9.17, 15) is 35.9 Å². The summed E-state index contributed by atoms with van der Waals surface area (Å²) >= 11 is 6.67. The Morgan fingerprint density at radius 2 is 1.72 bits per heavy atom. The van der Waals surface area contributed by atoms with Gasteiger partial charge < -0.3 is 15.8 Å². The summed E-state index contributed by atoms with van der Waals surface area (Å²) in [6.45, 7) is 4.51. The fourth-order valence-corrected chi connectivity index (χ4v) is 6.09. The van der Waals surface area contributed by atoms with Crippen LogP contribution < -0.4 is 11.1 Å². The van der Waals surface area contributed by atoms with Crippen molar-refractivity contribution < 1.29 is 40.7 Å². The van der Waals surface area contributed by atoms with Gasteiger partial charge in [-0.2, -0.15) is 31.3 Å². The van der Waals surface area contributed by atoms with Crippen molar-refractivity contribution in [1.29, 1.82) is 0 Å². The topological polar surface area (TPSA) is 112 Å². The number of carbonyl (C=O) groups excluding carboxylic acids is 2. The molecule has 0 spiro atoms. The molecule has 0 fully saturated rings. The molecule has 46 heavy (non-hydrogen) atoms. The van der Waals surface area contributed by atoms with E-state index >= 15 is 0 Å². The maximum Gasteiger partial charge on any atom is 0.453 e. The first kappa shape index (κ1) is 34.7. The van der Waals surface area contributed by atoms with Crippen molar-refractivity contribution in [3.63, 3.8) is 0 Å². The minimum absolute atomic E-state index is 0.00150. The van der Waals surface area contributed by atoms with E-state index in [-0.39, 0.29) is 34.2 Å². The van der Waals surface area contributed by atoms with Crippen LogP contribution in [0.3, 0.4) is 0 Å². The lowest BCUT2D eigenvalue weighted by atomic mass is 9.56. The van der Waals surface area contributed by atoms with Crippen LogP contribution in [0.25, 0.3) is 0 Å². The van der Waals surface area contributed by atoms with Crippen LogP contribution in [0.5, 0.6) is 0 Å². The monoisotopic (exact) mass is 669 g/mol. The normalized spacial score (nSPS) is 18.7. The van der Waals surface area contributed by atoms with Gasteiger partial charge in [0.1, 0.15) is 5.41 Å². The van der Waals surface area contributed by atoms with Crippen LogP contribution in [-0.2, 0) is 39.8 Å². The highest BCUT2D eigenvalue weighted by Crippen LogP contribution is 2.54. The first-order valence-corrected chi connectivity index (χ1v) is 14.2. The second-order valence-electron chi connectivity index (χ2n) is 11.5. The minimum Gasteiger partial charge on any atom is -0.376 e.